The minimum absolute atomic E-state index is 0.0354. The summed E-state index contributed by atoms with van der Waals surface area (Å²) in [6.07, 6.45) is 0. The van der Waals surface area contributed by atoms with Crippen LogP contribution in [0.4, 0.5) is 0 Å². The van der Waals surface area contributed by atoms with Gasteiger partial charge in [0.25, 0.3) is 5.91 Å². The Kier molecular flexibility index (Phi) is 4.47. The van der Waals surface area contributed by atoms with Gasteiger partial charge >= 0.3 is 0 Å². The van der Waals surface area contributed by atoms with Crippen LogP contribution in [0.3, 0.4) is 0 Å². The van der Waals surface area contributed by atoms with Gasteiger partial charge in [-0.25, -0.2) is 0 Å². The van der Waals surface area contributed by atoms with Crippen LogP contribution in [-0.4, -0.2) is 47.8 Å². The average molecular weight is 346 g/mol. The Bertz CT molecular complexity index is 513. The monoisotopic (exact) mass is 344 g/mol. The van der Waals surface area contributed by atoms with Gasteiger partial charge in [-0.15, -0.1) is 0 Å². The minimum Gasteiger partial charge on any atom is -0.339 e. The van der Waals surface area contributed by atoms with E-state index in [0.29, 0.717) is 41.2 Å². The molecule has 1 aliphatic rings. The molecule has 1 aromatic carbocycles. The molecule has 0 atom stereocenters. The summed E-state index contributed by atoms with van der Waals surface area (Å²) in [5, 5.41) is 0.588. The van der Waals surface area contributed by atoms with Gasteiger partial charge in [0.2, 0.25) is 5.91 Å². The summed E-state index contributed by atoms with van der Waals surface area (Å²) in [5.74, 6) is 0.0199. The fraction of sp³-hybridized carbons (Fsp3) is 0.385. The molecule has 1 aliphatic heterocycles. The Morgan fingerprint density at radius 3 is 2.26 bits per heavy atom. The van der Waals surface area contributed by atoms with Gasteiger partial charge < -0.3 is 9.80 Å². The summed E-state index contributed by atoms with van der Waals surface area (Å²) in [5.41, 5.74) is 0.598. The van der Waals surface area contributed by atoms with Crippen molar-refractivity contribution in [3.05, 3.63) is 33.3 Å². The molecule has 1 saturated heterocycles. The van der Waals surface area contributed by atoms with Gasteiger partial charge in [0, 0.05) is 42.6 Å². The Balaban J connectivity index is 2.07. The fourth-order valence-corrected chi connectivity index (χ4v) is 2.91. The van der Waals surface area contributed by atoms with Crippen molar-refractivity contribution in [1.29, 1.82) is 0 Å². The van der Waals surface area contributed by atoms with E-state index in [1.165, 1.54) is 0 Å². The van der Waals surface area contributed by atoms with E-state index in [2.05, 4.69) is 15.9 Å². The standard InChI is InChI=1S/C13H14BrClN2O2/c1-9(18)16-4-6-17(7-5-16)13(19)11-3-2-10(15)8-12(11)14/h2-3,8H,4-7H2,1H3. The molecule has 0 N–H and O–H groups in total. The first-order chi connectivity index (χ1) is 8.99. The van der Waals surface area contributed by atoms with Crippen LogP contribution >= 0.6 is 27.5 Å². The molecule has 4 nitrogen and oxygen atoms in total. The molecule has 6 heteroatoms. The second-order valence-electron chi connectivity index (χ2n) is 4.42. The molecule has 0 unspecified atom stereocenters. The maximum absolute atomic E-state index is 12.4. The maximum Gasteiger partial charge on any atom is 0.255 e. The number of amides is 2. The number of hydrogen-bond acceptors (Lipinski definition) is 2. The first kappa shape index (κ1) is 14.3. The van der Waals surface area contributed by atoms with E-state index >= 15 is 0 Å². The van der Waals surface area contributed by atoms with Crippen molar-refractivity contribution >= 4 is 39.3 Å². The highest BCUT2D eigenvalue weighted by molar-refractivity contribution is 9.10. The number of hydrogen-bond donors (Lipinski definition) is 0. The largest absolute Gasteiger partial charge is 0.339 e. The zero-order valence-corrected chi connectivity index (χ0v) is 12.9. The van der Waals surface area contributed by atoms with Crippen LogP contribution in [0.15, 0.2) is 22.7 Å². The number of halogens is 2. The van der Waals surface area contributed by atoms with E-state index in [1.54, 1.807) is 34.9 Å². The van der Waals surface area contributed by atoms with Crippen LogP contribution in [0, 0.1) is 0 Å². The van der Waals surface area contributed by atoms with E-state index in [1.807, 2.05) is 0 Å². The van der Waals surface area contributed by atoms with Crippen molar-refractivity contribution in [2.75, 3.05) is 26.2 Å². The normalized spacial score (nSPS) is 15.5. The quantitative estimate of drug-likeness (QED) is 0.784. The fourth-order valence-electron chi connectivity index (χ4n) is 2.06. The number of piperazine rings is 1. The van der Waals surface area contributed by atoms with Crippen LogP contribution in [0.2, 0.25) is 5.02 Å². The number of carbonyl (C=O) groups is 2. The van der Waals surface area contributed by atoms with Gasteiger partial charge in [-0.2, -0.15) is 0 Å². The van der Waals surface area contributed by atoms with Crippen molar-refractivity contribution in [2.45, 2.75) is 6.92 Å². The van der Waals surface area contributed by atoms with Crippen molar-refractivity contribution in [1.82, 2.24) is 9.80 Å². The second-order valence-corrected chi connectivity index (χ2v) is 5.71. The highest BCUT2D eigenvalue weighted by Gasteiger charge is 2.24. The van der Waals surface area contributed by atoms with Gasteiger partial charge in [0.05, 0.1) is 5.56 Å². The van der Waals surface area contributed by atoms with Crippen molar-refractivity contribution in [3.8, 4) is 0 Å². The molecule has 0 saturated carbocycles. The first-order valence-electron chi connectivity index (χ1n) is 5.99. The van der Waals surface area contributed by atoms with Crippen LogP contribution < -0.4 is 0 Å². The third-order valence-electron chi connectivity index (χ3n) is 3.17. The lowest BCUT2D eigenvalue weighted by Gasteiger charge is -2.34. The zero-order chi connectivity index (χ0) is 14.0. The smallest absolute Gasteiger partial charge is 0.255 e. The molecule has 2 amide bonds. The third-order valence-corrected chi connectivity index (χ3v) is 4.06. The molecule has 2 rings (SSSR count). The van der Waals surface area contributed by atoms with Crippen LogP contribution in [0.1, 0.15) is 17.3 Å². The van der Waals surface area contributed by atoms with E-state index in [4.69, 9.17) is 11.6 Å². The molecule has 0 bridgehead atoms. The molecule has 0 aromatic heterocycles. The summed E-state index contributed by atoms with van der Waals surface area (Å²) in [4.78, 5) is 27.1. The van der Waals surface area contributed by atoms with Crippen molar-refractivity contribution < 1.29 is 9.59 Å². The maximum atomic E-state index is 12.4. The Morgan fingerprint density at radius 1 is 1.16 bits per heavy atom. The summed E-state index contributed by atoms with van der Waals surface area (Å²) in [6, 6.07) is 5.12. The molecule has 1 aromatic rings. The van der Waals surface area contributed by atoms with Crippen LogP contribution in [-0.2, 0) is 4.79 Å². The van der Waals surface area contributed by atoms with Crippen molar-refractivity contribution in [3.63, 3.8) is 0 Å². The van der Waals surface area contributed by atoms with Gasteiger partial charge in [0.1, 0.15) is 0 Å². The van der Waals surface area contributed by atoms with Crippen molar-refractivity contribution in [2.24, 2.45) is 0 Å². The molecule has 102 valence electrons. The van der Waals surface area contributed by atoms with Gasteiger partial charge in [0.15, 0.2) is 0 Å². The molecular formula is C13H14BrClN2O2. The Hall–Kier alpha value is -1.07. The predicted molar refractivity (Wildman–Crippen MR) is 77.3 cm³/mol. The minimum atomic E-state index is -0.0354. The molecule has 0 spiro atoms. The summed E-state index contributed by atoms with van der Waals surface area (Å²) in [7, 11) is 0. The van der Waals surface area contributed by atoms with Crippen LogP contribution in [0.5, 0.6) is 0 Å². The zero-order valence-electron chi connectivity index (χ0n) is 10.5. The highest BCUT2D eigenvalue weighted by atomic mass is 79.9. The van der Waals surface area contributed by atoms with E-state index in [-0.39, 0.29) is 11.8 Å². The molecule has 1 fully saturated rings. The number of rotatable bonds is 1. The first-order valence-corrected chi connectivity index (χ1v) is 7.16. The topological polar surface area (TPSA) is 40.6 Å². The lowest BCUT2D eigenvalue weighted by molar-refractivity contribution is -0.130. The molecule has 19 heavy (non-hydrogen) atoms. The van der Waals surface area contributed by atoms with Crippen LogP contribution in [0.25, 0.3) is 0 Å². The van der Waals surface area contributed by atoms with E-state index in [9.17, 15) is 9.59 Å². The van der Waals surface area contributed by atoms with Gasteiger partial charge in [-0.1, -0.05) is 11.6 Å². The lowest BCUT2D eigenvalue weighted by atomic mass is 10.2. The lowest BCUT2D eigenvalue weighted by Crippen LogP contribution is -2.50. The van der Waals surface area contributed by atoms with Gasteiger partial charge in [-0.05, 0) is 34.1 Å². The second kappa shape index (κ2) is 5.92. The van der Waals surface area contributed by atoms with Gasteiger partial charge in [-0.3, -0.25) is 9.59 Å². The molecule has 0 radical (unpaired) electrons. The highest BCUT2D eigenvalue weighted by Crippen LogP contribution is 2.23. The molecule has 0 aliphatic carbocycles. The number of nitrogens with zero attached hydrogens (tertiary/aromatic N) is 2. The number of benzene rings is 1. The Morgan fingerprint density at radius 2 is 1.74 bits per heavy atom. The molecule has 1 heterocycles. The Labute approximate surface area is 125 Å². The van der Waals surface area contributed by atoms with E-state index < -0.39 is 0 Å². The summed E-state index contributed by atoms with van der Waals surface area (Å²) >= 11 is 9.22. The summed E-state index contributed by atoms with van der Waals surface area (Å²) < 4.78 is 0.694. The van der Waals surface area contributed by atoms with E-state index in [0.717, 1.165) is 0 Å². The summed E-state index contributed by atoms with van der Waals surface area (Å²) in [6.45, 7) is 3.85. The third kappa shape index (κ3) is 3.28. The molecular weight excluding hydrogens is 332 g/mol. The average Bonchev–Trinajstić information content (AvgIpc) is 2.38. The SMILES string of the molecule is CC(=O)N1CCN(C(=O)c2ccc(Cl)cc2Br)CC1. The number of carbonyl (C=O) groups excluding carboxylic acids is 2. The predicted octanol–water partition coefficient (Wildman–Crippen LogP) is 2.41.